The third-order valence-electron chi connectivity index (χ3n) is 4.19. The number of benzene rings is 1. The van der Waals surface area contributed by atoms with Crippen LogP contribution >= 0.6 is 23.1 Å². The Hall–Kier alpha value is -2.45. The van der Waals surface area contributed by atoms with Gasteiger partial charge in [-0.2, -0.15) is 0 Å². The van der Waals surface area contributed by atoms with Crippen LogP contribution in [0, 0.1) is 0 Å². The van der Waals surface area contributed by atoms with Gasteiger partial charge in [0.05, 0.1) is 10.1 Å². The summed E-state index contributed by atoms with van der Waals surface area (Å²) in [4.78, 5) is 25.6. The highest BCUT2D eigenvalue weighted by Gasteiger charge is 2.23. The summed E-state index contributed by atoms with van der Waals surface area (Å²) >= 11 is 2.70. The molecule has 0 aliphatic rings. The fourth-order valence-electron chi connectivity index (χ4n) is 2.60. The summed E-state index contributed by atoms with van der Waals surface area (Å²) in [5.41, 5.74) is 1.96. The molecule has 0 spiro atoms. The Morgan fingerprint density at radius 2 is 1.82 bits per heavy atom. The van der Waals surface area contributed by atoms with Crippen LogP contribution in [0.1, 0.15) is 44.0 Å². The molecule has 0 radical (unpaired) electrons. The summed E-state index contributed by atoms with van der Waals surface area (Å²) in [7, 11) is 0. The van der Waals surface area contributed by atoms with Crippen molar-refractivity contribution in [2.75, 3.05) is 5.32 Å². The molecule has 6 nitrogen and oxygen atoms in total. The van der Waals surface area contributed by atoms with Crippen molar-refractivity contribution in [1.82, 2.24) is 14.8 Å². The molecule has 146 valence electrons. The smallest absolute Gasteiger partial charge is 0.237 e. The van der Waals surface area contributed by atoms with E-state index in [2.05, 4.69) is 29.4 Å². The van der Waals surface area contributed by atoms with Crippen LogP contribution < -0.4 is 5.32 Å². The third-order valence-corrected chi connectivity index (χ3v) is 6.09. The fraction of sp³-hybridized carbons (Fsp3) is 0.300. The molecule has 1 N–H and O–H groups in total. The van der Waals surface area contributed by atoms with Crippen molar-refractivity contribution in [1.29, 1.82) is 0 Å². The van der Waals surface area contributed by atoms with Crippen molar-refractivity contribution in [3.63, 3.8) is 0 Å². The fourth-order valence-corrected chi connectivity index (χ4v) is 4.19. The topological polar surface area (TPSA) is 76.9 Å². The number of carbonyl (C=O) groups excluding carboxylic acids is 2. The summed E-state index contributed by atoms with van der Waals surface area (Å²) in [5, 5.41) is 13.1. The van der Waals surface area contributed by atoms with Crippen molar-refractivity contribution in [2.24, 2.45) is 0 Å². The second-order valence-electron chi connectivity index (χ2n) is 6.66. The molecule has 0 fully saturated rings. The van der Waals surface area contributed by atoms with Crippen molar-refractivity contribution in [2.45, 2.75) is 44.0 Å². The normalized spacial score (nSPS) is 12.2. The number of aromatic nitrogens is 3. The third kappa shape index (κ3) is 4.51. The van der Waals surface area contributed by atoms with E-state index < -0.39 is 5.25 Å². The number of thiophene rings is 1. The Morgan fingerprint density at radius 3 is 2.39 bits per heavy atom. The lowest BCUT2D eigenvalue weighted by Gasteiger charge is -2.13. The molecule has 3 aromatic rings. The standard InChI is InChI=1S/C20H22N4O2S2/c1-12(2)15-7-9-16(10-8-15)21-19(26)13(3)28-20-23-22-18(24(20)14(4)25)17-6-5-11-27-17/h5-13H,1-4H3,(H,21,26). The van der Waals surface area contributed by atoms with Crippen LogP contribution in [0.3, 0.4) is 0 Å². The average Bonchev–Trinajstić information content (AvgIpc) is 3.31. The lowest BCUT2D eigenvalue weighted by atomic mass is 10.0. The lowest BCUT2D eigenvalue weighted by molar-refractivity contribution is -0.115. The van der Waals surface area contributed by atoms with Gasteiger partial charge in [-0.05, 0) is 42.0 Å². The second-order valence-corrected chi connectivity index (χ2v) is 8.92. The van der Waals surface area contributed by atoms with E-state index in [9.17, 15) is 9.59 Å². The predicted octanol–water partition coefficient (Wildman–Crippen LogP) is 4.91. The van der Waals surface area contributed by atoms with Gasteiger partial charge in [0, 0.05) is 12.6 Å². The minimum absolute atomic E-state index is 0.155. The van der Waals surface area contributed by atoms with Gasteiger partial charge in [0.1, 0.15) is 0 Å². The van der Waals surface area contributed by atoms with Gasteiger partial charge in [0.15, 0.2) is 11.0 Å². The van der Waals surface area contributed by atoms with Crippen LogP contribution in [0.2, 0.25) is 0 Å². The van der Waals surface area contributed by atoms with E-state index in [0.717, 1.165) is 10.6 Å². The Labute approximate surface area is 172 Å². The van der Waals surface area contributed by atoms with Gasteiger partial charge in [0.2, 0.25) is 11.8 Å². The maximum Gasteiger partial charge on any atom is 0.237 e. The molecule has 1 amide bonds. The monoisotopic (exact) mass is 414 g/mol. The number of hydrogen-bond donors (Lipinski definition) is 1. The van der Waals surface area contributed by atoms with Gasteiger partial charge >= 0.3 is 0 Å². The Bertz CT molecular complexity index is 963. The van der Waals surface area contributed by atoms with Gasteiger partial charge < -0.3 is 5.32 Å². The molecule has 1 aromatic carbocycles. The Morgan fingerprint density at radius 1 is 1.11 bits per heavy atom. The number of thioether (sulfide) groups is 1. The first kappa shape index (κ1) is 20.3. The maximum absolute atomic E-state index is 12.6. The van der Waals surface area contributed by atoms with E-state index in [-0.39, 0.29) is 11.8 Å². The molecule has 1 atom stereocenters. The largest absolute Gasteiger partial charge is 0.325 e. The van der Waals surface area contributed by atoms with E-state index in [1.54, 1.807) is 6.92 Å². The number of rotatable bonds is 6. The van der Waals surface area contributed by atoms with Gasteiger partial charge in [0.25, 0.3) is 0 Å². The average molecular weight is 415 g/mol. The first-order chi connectivity index (χ1) is 13.4. The van der Waals surface area contributed by atoms with Crippen molar-refractivity contribution < 1.29 is 9.59 Å². The van der Waals surface area contributed by atoms with Crippen LogP contribution in [-0.2, 0) is 4.79 Å². The molecule has 0 aliphatic heterocycles. The molecule has 0 bridgehead atoms. The van der Waals surface area contributed by atoms with E-state index in [4.69, 9.17) is 0 Å². The molecular formula is C20H22N4O2S2. The zero-order valence-electron chi connectivity index (χ0n) is 16.2. The van der Waals surface area contributed by atoms with E-state index in [0.29, 0.717) is 16.9 Å². The predicted molar refractivity (Wildman–Crippen MR) is 114 cm³/mol. The van der Waals surface area contributed by atoms with E-state index in [1.165, 1.54) is 40.2 Å². The van der Waals surface area contributed by atoms with Crippen molar-refractivity contribution in [3.05, 3.63) is 47.3 Å². The van der Waals surface area contributed by atoms with E-state index >= 15 is 0 Å². The molecule has 3 rings (SSSR count). The summed E-state index contributed by atoms with van der Waals surface area (Å²) in [5.74, 6) is 0.599. The van der Waals surface area contributed by atoms with Crippen LogP contribution in [0.4, 0.5) is 5.69 Å². The summed E-state index contributed by atoms with van der Waals surface area (Å²) < 4.78 is 1.46. The lowest BCUT2D eigenvalue weighted by Crippen LogP contribution is -2.23. The minimum Gasteiger partial charge on any atom is -0.325 e. The molecule has 0 saturated carbocycles. The van der Waals surface area contributed by atoms with Crippen molar-refractivity contribution in [3.8, 4) is 10.7 Å². The number of nitrogens with zero attached hydrogens (tertiary/aromatic N) is 3. The summed E-state index contributed by atoms with van der Waals surface area (Å²) in [6.07, 6.45) is 0. The van der Waals surface area contributed by atoms with Crippen LogP contribution in [0.5, 0.6) is 0 Å². The summed E-state index contributed by atoms with van der Waals surface area (Å²) in [6.45, 7) is 7.50. The Kier molecular flexibility index (Phi) is 6.31. The van der Waals surface area contributed by atoms with Crippen LogP contribution in [0.25, 0.3) is 10.7 Å². The molecule has 1 unspecified atom stereocenters. The molecule has 2 aromatic heterocycles. The zero-order valence-corrected chi connectivity index (χ0v) is 17.8. The molecular weight excluding hydrogens is 392 g/mol. The number of nitrogens with one attached hydrogen (secondary N) is 1. The highest BCUT2D eigenvalue weighted by atomic mass is 32.2. The second kappa shape index (κ2) is 8.70. The van der Waals surface area contributed by atoms with Gasteiger partial charge in [-0.3, -0.25) is 9.59 Å². The number of hydrogen-bond acceptors (Lipinski definition) is 6. The molecule has 28 heavy (non-hydrogen) atoms. The molecule has 2 heterocycles. The quantitative estimate of drug-likeness (QED) is 0.580. The molecule has 8 heteroatoms. The number of anilines is 1. The minimum atomic E-state index is -0.441. The van der Waals surface area contributed by atoms with Crippen LogP contribution in [0.15, 0.2) is 46.9 Å². The first-order valence-electron chi connectivity index (χ1n) is 8.94. The van der Waals surface area contributed by atoms with Crippen molar-refractivity contribution >= 4 is 40.6 Å². The van der Waals surface area contributed by atoms with Gasteiger partial charge in [-0.15, -0.1) is 21.5 Å². The van der Waals surface area contributed by atoms with Gasteiger partial charge in [-0.1, -0.05) is 43.8 Å². The first-order valence-corrected chi connectivity index (χ1v) is 10.7. The summed E-state index contributed by atoms with van der Waals surface area (Å²) in [6, 6.07) is 11.6. The molecule has 0 saturated heterocycles. The van der Waals surface area contributed by atoms with Crippen LogP contribution in [-0.4, -0.2) is 31.8 Å². The highest BCUT2D eigenvalue weighted by Crippen LogP contribution is 2.29. The molecule has 0 aliphatic carbocycles. The zero-order chi connectivity index (χ0) is 20.3. The van der Waals surface area contributed by atoms with Gasteiger partial charge in [-0.25, -0.2) is 4.57 Å². The number of amides is 1. The maximum atomic E-state index is 12.6. The SMILES string of the molecule is CC(=O)n1c(SC(C)C(=O)Nc2ccc(C(C)C)cc2)nnc1-c1cccs1. The number of carbonyl (C=O) groups is 2. The van der Waals surface area contributed by atoms with E-state index in [1.807, 2.05) is 41.8 Å². The Balaban J connectivity index is 1.73. The highest BCUT2D eigenvalue weighted by molar-refractivity contribution is 8.00.